The number of amides is 1. The number of hydrogen-bond donors (Lipinski definition) is 1. The summed E-state index contributed by atoms with van der Waals surface area (Å²) in [5.74, 6) is 0.0690. The van der Waals surface area contributed by atoms with Gasteiger partial charge in [0.2, 0.25) is 5.91 Å². The van der Waals surface area contributed by atoms with Crippen LogP contribution in [0.1, 0.15) is 33.1 Å². The van der Waals surface area contributed by atoms with Gasteiger partial charge in [-0.25, -0.2) is 0 Å². The molecule has 0 aliphatic carbocycles. The fraction of sp³-hybridized carbons (Fsp3) is 0.818. The largest absolute Gasteiger partial charge is 0.393 e. The average Bonchev–Trinajstić information content (AvgIpc) is 2.25. The second-order valence-corrected chi connectivity index (χ2v) is 4.40. The fourth-order valence-electron chi connectivity index (χ4n) is 1.06. The van der Waals surface area contributed by atoms with Crippen molar-refractivity contribution in [1.82, 2.24) is 4.90 Å². The Bertz CT molecular complexity index is 234. The summed E-state index contributed by atoms with van der Waals surface area (Å²) in [6.45, 7) is 5.12. The molecule has 5 heteroatoms. The van der Waals surface area contributed by atoms with Crippen LogP contribution in [-0.2, 0) is 9.53 Å². The van der Waals surface area contributed by atoms with E-state index in [0.717, 1.165) is 6.42 Å². The van der Waals surface area contributed by atoms with E-state index < -0.39 is 0 Å². The average molecular weight is 246 g/mol. The fourth-order valence-corrected chi connectivity index (χ4v) is 1.15. The monoisotopic (exact) mass is 246 g/mol. The van der Waals surface area contributed by atoms with Crippen LogP contribution in [0.2, 0.25) is 0 Å². The first-order chi connectivity index (χ1) is 7.47. The topological polar surface area (TPSA) is 55.6 Å². The Kier molecular flexibility index (Phi) is 8.11. The van der Waals surface area contributed by atoms with E-state index in [1.807, 2.05) is 6.92 Å². The van der Waals surface area contributed by atoms with Crippen molar-refractivity contribution in [2.75, 3.05) is 20.2 Å². The van der Waals surface area contributed by atoms with Crippen LogP contribution in [0.4, 0.5) is 0 Å². The third-order valence-electron chi connectivity index (χ3n) is 2.41. The Morgan fingerprint density at radius 2 is 2.12 bits per heavy atom. The lowest BCUT2D eigenvalue weighted by atomic mass is 10.3. The van der Waals surface area contributed by atoms with E-state index in [9.17, 15) is 4.79 Å². The lowest BCUT2D eigenvalue weighted by Crippen LogP contribution is -2.31. The summed E-state index contributed by atoms with van der Waals surface area (Å²) in [4.78, 5) is 13.7. The highest BCUT2D eigenvalue weighted by atomic mass is 32.1. The zero-order valence-corrected chi connectivity index (χ0v) is 11.2. The molecule has 0 spiro atoms. The van der Waals surface area contributed by atoms with E-state index in [4.69, 9.17) is 22.7 Å². The number of carbonyl (C=O) groups is 1. The van der Waals surface area contributed by atoms with Crippen LogP contribution in [0.25, 0.3) is 0 Å². The maximum atomic E-state index is 11.6. The van der Waals surface area contributed by atoms with Crippen LogP contribution < -0.4 is 5.73 Å². The lowest BCUT2D eigenvalue weighted by molar-refractivity contribution is -0.131. The maximum absolute atomic E-state index is 11.6. The molecule has 16 heavy (non-hydrogen) atoms. The van der Waals surface area contributed by atoms with Crippen molar-refractivity contribution in [3.8, 4) is 0 Å². The van der Waals surface area contributed by atoms with Crippen molar-refractivity contribution in [2.24, 2.45) is 5.73 Å². The molecule has 0 heterocycles. The first kappa shape index (κ1) is 15.3. The highest BCUT2D eigenvalue weighted by Crippen LogP contribution is 1.99. The molecule has 94 valence electrons. The first-order valence-electron chi connectivity index (χ1n) is 5.61. The van der Waals surface area contributed by atoms with Gasteiger partial charge in [0, 0.05) is 20.0 Å². The van der Waals surface area contributed by atoms with Crippen molar-refractivity contribution in [2.45, 2.75) is 39.2 Å². The zero-order chi connectivity index (χ0) is 12.6. The molecule has 0 saturated heterocycles. The molecule has 0 aromatic carbocycles. The summed E-state index contributed by atoms with van der Waals surface area (Å²) in [6, 6.07) is 0. The van der Waals surface area contributed by atoms with E-state index in [2.05, 4.69) is 6.92 Å². The Morgan fingerprint density at radius 1 is 1.50 bits per heavy atom. The van der Waals surface area contributed by atoms with E-state index in [1.54, 1.807) is 11.9 Å². The molecule has 1 atom stereocenters. The predicted octanol–water partition coefficient (Wildman–Crippen LogP) is 1.33. The molecule has 1 unspecified atom stereocenters. The van der Waals surface area contributed by atoms with Gasteiger partial charge in [0.05, 0.1) is 24.1 Å². The SMILES string of the molecule is CCC(C)OCCC(=O)N(C)CCC(N)=S. The van der Waals surface area contributed by atoms with Crippen molar-refractivity contribution < 1.29 is 9.53 Å². The Hall–Kier alpha value is -0.680. The standard InChI is InChI=1S/C11H22N2O2S/c1-4-9(2)15-8-6-11(14)13(3)7-5-10(12)16/h9H,4-8H2,1-3H3,(H2,12,16). The molecule has 4 nitrogen and oxygen atoms in total. The minimum atomic E-state index is 0.0690. The molecule has 1 amide bonds. The number of rotatable bonds is 8. The smallest absolute Gasteiger partial charge is 0.224 e. The number of carbonyl (C=O) groups excluding carboxylic acids is 1. The van der Waals surface area contributed by atoms with E-state index >= 15 is 0 Å². The predicted molar refractivity (Wildman–Crippen MR) is 69.4 cm³/mol. The van der Waals surface area contributed by atoms with Crippen LogP contribution in [0, 0.1) is 0 Å². The lowest BCUT2D eigenvalue weighted by Gasteiger charge is -2.17. The zero-order valence-electron chi connectivity index (χ0n) is 10.4. The molecule has 0 aliphatic heterocycles. The third-order valence-corrected chi connectivity index (χ3v) is 2.62. The van der Waals surface area contributed by atoms with Gasteiger partial charge < -0.3 is 15.4 Å². The van der Waals surface area contributed by atoms with Gasteiger partial charge in [-0.15, -0.1) is 0 Å². The molecule has 0 aromatic rings. The molecule has 0 fully saturated rings. The van der Waals surface area contributed by atoms with Crippen molar-refractivity contribution in [3.05, 3.63) is 0 Å². The molecular formula is C11H22N2O2S. The van der Waals surface area contributed by atoms with Gasteiger partial charge >= 0.3 is 0 Å². The molecule has 2 N–H and O–H groups in total. The number of nitrogens with zero attached hydrogens (tertiary/aromatic N) is 1. The summed E-state index contributed by atoms with van der Waals surface area (Å²) < 4.78 is 5.44. The van der Waals surface area contributed by atoms with Crippen LogP contribution >= 0.6 is 12.2 Å². The van der Waals surface area contributed by atoms with Crippen LogP contribution in [0.3, 0.4) is 0 Å². The van der Waals surface area contributed by atoms with E-state index in [0.29, 0.717) is 31.0 Å². The van der Waals surface area contributed by atoms with Gasteiger partial charge in [-0.3, -0.25) is 4.79 Å². The summed E-state index contributed by atoms with van der Waals surface area (Å²) in [5, 5.41) is 0. The van der Waals surface area contributed by atoms with E-state index in [1.165, 1.54) is 0 Å². The Morgan fingerprint density at radius 3 is 2.62 bits per heavy atom. The number of nitrogens with two attached hydrogens (primary N) is 1. The van der Waals surface area contributed by atoms with Crippen molar-refractivity contribution >= 4 is 23.1 Å². The minimum absolute atomic E-state index is 0.0690. The second-order valence-electron chi connectivity index (χ2n) is 3.87. The summed E-state index contributed by atoms with van der Waals surface area (Å²) >= 11 is 4.75. The molecule has 0 radical (unpaired) electrons. The normalized spacial score (nSPS) is 12.2. The highest BCUT2D eigenvalue weighted by Gasteiger charge is 2.09. The Labute approximate surface area is 103 Å². The summed E-state index contributed by atoms with van der Waals surface area (Å²) in [5.41, 5.74) is 5.37. The molecule has 0 aliphatic rings. The maximum Gasteiger partial charge on any atom is 0.224 e. The first-order valence-corrected chi connectivity index (χ1v) is 6.02. The second kappa shape index (κ2) is 8.47. The van der Waals surface area contributed by atoms with Crippen molar-refractivity contribution in [1.29, 1.82) is 0 Å². The Balaban J connectivity index is 3.67. The van der Waals surface area contributed by atoms with Gasteiger partial charge in [-0.1, -0.05) is 19.1 Å². The van der Waals surface area contributed by atoms with Crippen LogP contribution in [-0.4, -0.2) is 42.1 Å². The summed E-state index contributed by atoms with van der Waals surface area (Å²) in [6.07, 6.45) is 2.17. The van der Waals surface area contributed by atoms with Gasteiger partial charge in [0.25, 0.3) is 0 Å². The van der Waals surface area contributed by atoms with Crippen LogP contribution in [0.5, 0.6) is 0 Å². The van der Waals surface area contributed by atoms with E-state index in [-0.39, 0.29) is 12.0 Å². The molecule has 0 saturated carbocycles. The molecule has 0 rings (SSSR count). The third kappa shape index (κ3) is 7.59. The van der Waals surface area contributed by atoms with Gasteiger partial charge in [-0.05, 0) is 13.3 Å². The number of thiocarbonyl (C=S) groups is 1. The van der Waals surface area contributed by atoms with Gasteiger partial charge in [0.1, 0.15) is 0 Å². The highest BCUT2D eigenvalue weighted by molar-refractivity contribution is 7.80. The van der Waals surface area contributed by atoms with Gasteiger partial charge in [-0.2, -0.15) is 0 Å². The molecule has 0 aromatic heterocycles. The quantitative estimate of drug-likeness (QED) is 0.656. The number of hydrogen-bond acceptors (Lipinski definition) is 3. The molecule has 0 bridgehead atoms. The van der Waals surface area contributed by atoms with Crippen LogP contribution in [0.15, 0.2) is 0 Å². The van der Waals surface area contributed by atoms with Gasteiger partial charge in [0.15, 0.2) is 0 Å². The summed E-state index contributed by atoms with van der Waals surface area (Å²) in [7, 11) is 1.75. The van der Waals surface area contributed by atoms with Crippen molar-refractivity contribution in [3.63, 3.8) is 0 Å². The minimum Gasteiger partial charge on any atom is -0.393 e. The number of ether oxygens (including phenoxy) is 1. The molecular weight excluding hydrogens is 224 g/mol.